The van der Waals surface area contributed by atoms with Crippen LogP contribution in [0.1, 0.15) is 31.9 Å². The molecule has 0 saturated heterocycles. The molecule has 1 heterocycles. The SMILES string of the molecule is CCC(C)NC(=O)C(NC)c1cnn(C)c1. The van der Waals surface area contributed by atoms with E-state index in [-0.39, 0.29) is 18.0 Å². The van der Waals surface area contributed by atoms with Crippen molar-refractivity contribution in [1.29, 1.82) is 0 Å². The first kappa shape index (κ1) is 12.7. The lowest BCUT2D eigenvalue weighted by atomic mass is 10.1. The zero-order valence-electron chi connectivity index (χ0n) is 10.3. The molecule has 1 rings (SSSR count). The molecule has 1 aromatic rings. The van der Waals surface area contributed by atoms with Crippen LogP contribution in [0.3, 0.4) is 0 Å². The minimum atomic E-state index is -0.331. The first-order valence-electron chi connectivity index (χ1n) is 5.54. The third-order valence-electron chi connectivity index (χ3n) is 2.61. The second-order valence-electron chi connectivity index (χ2n) is 3.99. The maximum Gasteiger partial charge on any atom is 0.242 e. The molecule has 0 fully saturated rings. The lowest BCUT2D eigenvalue weighted by Gasteiger charge is -2.17. The molecule has 16 heavy (non-hydrogen) atoms. The molecule has 2 N–H and O–H groups in total. The largest absolute Gasteiger partial charge is 0.352 e. The number of carbonyl (C=O) groups is 1. The topological polar surface area (TPSA) is 59.0 Å². The molecule has 0 aliphatic heterocycles. The molecule has 1 aromatic heterocycles. The van der Waals surface area contributed by atoms with Crippen molar-refractivity contribution in [3.63, 3.8) is 0 Å². The molecule has 1 amide bonds. The van der Waals surface area contributed by atoms with Crippen LogP contribution >= 0.6 is 0 Å². The van der Waals surface area contributed by atoms with Crippen molar-refractivity contribution in [1.82, 2.24) is 20.4 Å². The Balaban J connectivity index is 2.71. The molecule has 90 valence electrons. The highest BCUT2D eigenvalue weighted by Gasteiger charge is 2.20. The van der Waals surface area contributed by atoms with Crippen LogP contribution in [0.25, 0.3) is 0 Å². The van der Waals surface area contributed by atoms with Crippen molar-refractivity contribution in [3.8, 4) is 0 Å². The number of nitrogens with one attached hydrogen (secondary N) is 2. The fraction of sp³-hybridized carbons (Fsp3) is 0.636. The van der Waals surface area contributed by atoms with Gasteiger partial charge in [-0.1, -0.05) is 6.92 Å². The molecule has 0 bridgehead atoms. The maximum absolute atomic E-state index is 11.9. The van der Waals surface area contributed by atoms with Gasteiger partial charge in [0.2, 0.25) is 5.91 Å². The Morgan fingerprint density at radius 3 is 2.75 bits per heavy atom. The van der Waals surface area contributed by atoms with Crippen LogP contribution < -0.4 is 10.6 Å². The lowest BCUT2D eigenvalue weighted by Crippen LogP contribution is -2.40. The molecule has 0 aliphatic rings. The van der Waals surface area contributed by atoms with Crippen molar-refractivity contribution in [3.05, 3.63) is 18.0 Å². The predicted octanol–water partition coefficient (Wildman–Crippen LogP) is 0.595. The third-order valence-corrected chi connectivity index (χ3v) is 2.61. The summed E-state index contributed by atoms with van der Waals surface area (Å²) in [6, 6.07) is -0.136. The van der Waals surface area contributed by atoms with Gasteiger partial charge in [0, 0.05) is 24.8 Å². The number of carbonyl (C=O) groups excluding carboxylic acids is 1. The summed E-state index contributed by atoms with van der Waals surface area (Å²) in [4.78, 5) is 11.9. The fourth-order valence-electron chi connectivity index (χ4n) is 1.47. The van der Waals surface area contributed by atoms with Crippen LogP contribution in [0.4, 0.5) is 0 Å². The van der Waals surface area contributed by atoms with Gasteiger partial charge in [-0.25, -0.2) is 0 Å². The molecule has 0 aliphatic carbocycles. The Hall–Kier alpha value is -1.36. The highest BCUT2D eigenvalue weighted by Crippen LogP contribution is 2.11. The molecular weight excluding hydrogens is 204 g/mol. The van der Waals surface area contributed by atoms with Gasteiger partial charge in [0.1, 0.15) is 6.04 Å². The van der Waals surface area contributed by atoms with Gasteiger partial charge in [0.15, 0.2) is 0 Å². The van der Waals surface area contributed by atoms with E-state index in [1.54, 1.807) is 17.9 Å². The summed E-state index contributed by atoms with van der Waals surface area (Å²) < 4.78 is 1.69. The van der Waals surface area contributed by atoms with E-state index >= 15 is 0 Å². The molecule has 0 spiro atoms. The zero-order valence-corrected chi connectivity index (χ0v) is 10.3. The van der Waals surface area contributed by atoms with Crippen molar-refractivity contribution >= 4 is 5.91 Å². The number of likely N-dealkylation sites (N-methyl/N-ethyl adjacent to an activating group) is 1. The van der Waals surface area contributed by atoms with Gasteiger partial charge in [-0.3, -0.25) is 9.48 Å². The molecular formula is C11H20N4O. The number of hydrogen-bond acceptors (Lipinski definition) is 3. The summed E-state index contributed by atoms with van der Waals surface area (Å²) >= 11 is 0. The summed E-state index contributed by atoms with van der Waals surface area (Å²) in [6.45, 7) is 4.04. The van der Waals surface area contributed by atoms with Crippen molar-refractivity contribution < 1.29 is 4.79 Å². The molecule has 5 nitrogen and oxygen atoms in total. The van der Waals surface area contributed by atoms with Gasteiger partial charge in [0.25, 0.3) is 0 Å². The van der Waals surface area contributed by atoms with Crippen LogP contribution in [-0.4, -0.2) is 28.8 Å². The first-order valence-corrected chi connectivity index (χ1v) is 5.54. The maximum atomic E-state index is 11.9. The van der Waals surface area contributed by atoms with E-state index in [1.165, 1.54) is 0 Å². The fourth-order valence-corrected chi connectivity index (χ4v) is 1.47. The van der Waals surface area contributed by atoms with E-state index in [1.807, 2.05) is 27.1 Å². The molecule has 0 radical (unpaired) electrons. The summed E-state index contributed by atoms with van der Waals surface area (Å²) in [5.41, 5.74) is 0.880. The number of amides is 1. The standard InChI is InChI=1S/C11H20N4O/c1-5-8(2)14-11(16)10(12-3)9-6-13-15(4)7-9/h6-8,10,12H,5H2,1-4H3,(H,14,16). The van der Waals surface area contributed by atoms with Crippen molar-refractivity contribution in [2.75, 3.05) is 7.05 Å². The number of aryl methyl sites for hydroxylation is 1. The third kappa shape index (κ3) is 3.06. The van der Waals surface area contributed by atoms with Gasteiger partial charge in [0.05, 0.1) is 6.20 Å². The Morgan fingerprint density at radius 2 is 2.31 bits per heavy atom. The molecule has 2 unspecified atom stereocenters. The van der Waals surface area contributed by atoms with Crippen molar-refractivity contribution in [2.45, 2.75) is 32.4 Å². The van der Waals surface area contributed by atoms with Gasteiger partial charge in [-0.05, 0) is 20.4 Å². The average molecular weight is 224 g/mol. The van der Waals surface area contributed by atoms with E-state index in [4.69, 9.17) is 0 Å². The number of rotatable bonds is 5. The monoisotopic (exact) mass is 224 g/mol. The Labute approximate surface area is 96.2 Å². The minimum Gasteiger partial charge on any atom is -0.352 e. The lowest BCUT2D eigenvalue weighted by molar-refractivity contribution is -0.123. The van der Waals surface area contributed by atoms with E-state index in [0.717, 1.165) is 12.0 Å². The molecule has 2 atom stereocenters. The first-order chi connectivity index (χ1) is 7.58. The zero-order chi connectivity index (χ0) is 12.1. The molecule has 5 heteroatoms. The highest BCUT2D eigenvalue weighted by atomic mass is 16.2. The van der Waals surface area contributed by atoms with Gasteiger partial charge < -0.3 is 10.6 Å². The molecule has 0 aromatic carbocycles. The summed E-state index contributed by atoms with van der Waals surface area (Å²) in [7, 11) is 3.61. The highest BCUT2D eigenvalue weighted by molar-refractivity contribution is 5.83. The van der Waals surface area contributed by atoms with E-state index in [2.05, 4.69) is 15.7 Å². The smallest absolute Gasteiger partial charge is 0.242 e. The average Bonchev–Trinajstić information content (AvgIpc) is 2.65. The second-order valence-corrected chi connectivity index (χ2v) is 3.99. The summed E-state index contributed by atoms with van der Waals surface area (Å²) in [6.07, 6.45) is 4.48. The predicted molar refractivity (Wildman–Crippen MR) is 62.9 cm³/mol. The van der Waals surface area contributed by atoms with Crippen LogP contribution in [-0.2, 0) is 11.8 Å². The van der Waals surface area contributed by atoms with Crippen molar-refractivity contribution in [2.24, 2.45) is 7.05 Å². The number of nitrogens with zero attached hydrogens (tertiary/aromatic N) is 2. The Bertz CT molecular complexity index is 348. The van der Waals surface area contributed by atoms with Crippen LogP contribution in [0.15, 0.2) is 12.4 Å². The Kier molecular flexibility index (Phi) is 4.49. The van der Waals surface area contributed by atoms with Crippen LogP contribution in [0.5, 0.6) is 0 Å². The summed E-state index contributed by atoms with van der Waals surface area (Å²) in [5.74, 6) is -0.00940. The van der Waals surface area contributed by atoms with Gasteiger partial charge >= 0.3 is 0 Å². The normalized spacial score (nSPS) is 14.5. The van der Waals surface area contributed by atoms with Crippen LogP contribution in [0.2, 0.25) is 0 Å². The van der Waals surface area contributed by atoms with Crippen LogP contribution in [0, 0.1) is 0 Å². The van der Waals surface area contributed by atoms with E-state index in [9.17, 15) is 4.79 Å². The van der Waals surface area contributed by atoms with Gasteiger partial charge in [-0.15, -0.1) is 0 Å². The second kappa shape index (κ2) is 5.65. The van der Waals surface area contributed by atoms with E-state index in [0.29, 0.717) is 0 Å². The van der Waals surface area contributed by atoms with E-state index < -0.39 is 0 Å². The molecule has 0 saturated carbocycles. The Morgan fingerprint density at radius 1 is 1.62 bits per heavy atom. The minimum absolute atomic E-state index is 0.00940. The number of hydrogen-bond donors (Lipinski definition) is 2. The number of aromatic nitrogens is 2. The summed E-state index contributed by atoms with van der Waals surface area (Å²) in [5, 5.41) is 10.0. The quantitative estimate of drug-likeness (QED) is 0.770. The van der Waals surface area contributed by atoms with Gasteiger partial charge in [-0.2, -0.15) is 5.10 Å².